The number of nitrogens with zero attached hydrogens (tertiary/aromatic N) is 2. The summed E-state index contributed by atoms with van der Waals surface area (Å²) in [5.74, 6) is -0.831. The summed E-state index contributed by atoms with van der Waals surface area (Å²) in [6.45, 7) is 25.1. The van der Waals surface area contributed by atoms with E-state index in [1.165, 1.54) is 191 Å². The SMILES string of the molecule is CCCCCCCCC(CCCCCC)(CCCCCCN(CCCCCCC(CCCCCC)(CCCCCCCC)C(=O)O)Cc1ccc(N)cc1)C(=O)O.CCCCCCCCC(CCCCCC)C(=O)OCCCCCCN(CCCCCCOC(=O)C(CCCCCC)CCCCCCCC)Cc1ccc(N)cc1. The predicted molar refractivity (Wildman–Crippen MR) is 491 cm³/mol. The highest BCUT2D eigenvalue weighted by molar-refractivity contribution is 5.75. The maximum absolute atomic E-state index is 13.0. The van der Waals surface area contributed by atoms with Crippen LogP contribution >= 0.6 is 0 Å². The van der Waals surface area contributed by atoms with Gasteiger partial charge in [0.05, 0.1) is 35.9 Å². The lowest BCUT2D eigenvalue weighted by atomic mass is 9.74. The zero-order valence-corrected chi connectivity index (χ0v) is 76.5. The Morgan fingerprint density at radius 2 is 0.474 bits per heavy atom. The molecule has 0 aromatic heterocycles. The van der Waals surface area contributed by atoms with Gasteiger partial charge in [0.2, 0.25) is 0 Å². The van der Waals surface area contributed by atoms with Crippen LogP contribution in [0, 0.1) is 22.7 Å². The average molecular weight is 1600 g/mol. The molecule has 12 nitrogen and oxygen atoms in total. The van der Waals surface area contributed by atoms with Crippen LogP contribution in [0.2, 0.25) is 0 Å². The van der Waals surface area contributed by atoms with E-state index < -0.39 is 22.8 Å². The van der Waals surface area contributed by atoms with Gasteiger partial charge in [0.1, 0.15) is 0 Å². The first-order valence-corrected chi connectivity index (χ1v) is 49.6. The third kappa shape index (κ3) is 59.5. The van der Waals surface area contributed by atoms with Gasteiger partial charge in [-0.3, -0.25) is 29.0 Å². The van der Waals surface area contributed by atoms with Crippen LogP contribution in [0.25, 0.3) is 0 Å². The second-order valence-electron chi connectivity index (χ2n) is 35.6. The molecule has 4 atom stereocenters. The number of nitrogens with two attached hydrogens (primary N) is 2. The second kappa shape index (κ2) is 77.4. The molecule has 2 aromatic carbocycles. The first-order chi connectivity index (χ1) is 55.6. The maximum Gasteiger partial charge on any atom is 0.309 e. The Labute approximate surface area is 705 Å². The smallest absolute Gasteiger partial charge is 0.309 e. The van der Waals surface area contributed by atoms with Crippen molar-refractivity contribution < 1.29 is 38.9 Å². The molecule has 2 aromatic rings. The first kappa shape index (κ1) is 108. The Hall–Kier alpha value is -4.16. The molecule has 6 N–H and O–H groups in total. The van der Waals surface area contributed by atoms with Gasteiger partial charge >= 0.3 is 23.9 Å². The van der Waals surface area contributed by atoms with Crippen LogP contribution in [-0.4, -0.2) is 83.3 Å². The normalized spacial score (nSPS) is 13.2. The molecular weight excluding hydrogens is 1410 g/mol. The molecule has 0 spiro atoms. The number of carbonyl (C=O) groups is 4. The molecule has 0 bridgehead atoms. The molecule has 0 saturated heterocycles. The number of nitrogen functional groups attached to an aromatic ring is 2. The second-order valence-corrected chi connectivity index (χ2v) is 35.6. The fraction of sp³-hybridized carbons (Fsp3) is 0.843. The fourth-order valence-electron chi connectivity index (χ4n) is 17.2. The number of hydrogen-bond donors (Lipinski definition) is 4. The van der Waals surface area contributed by atoms with E-state index in [9.17, 15) is 29.4 Å². The van der Waals surface area contributed by atoms with Crippen LogP contribution in [0.4, 0.5) is 11.4 Å². The van der Waals surface area contributed by atoms with Gasteiger partial charge < -0.3 is 31.2 Å². The topological polar surface area (TPSA) is 186 Å². The summed E-state index contributed by atoms with van der Waals surface area (Å²) in [4.78, 5) is 56.9. The fourth-order valence-corrected chi connectivity index (χ4v) is 17.2. The minimum Gasteiger partial charge on any atom is -0.481 e. The van der Waals surface area contributed by atoms with Crippen LogP contribution in [-0.2, 0) is 41.7 Å². The van der Waals surface area contributed by atoms with Crippen molar-refractivity contribution in [3.63, 3.8) is 0 Å². The predicted octanol–water partition coefficient (Wildman–Crippen LogP) is 30.5. The van der Waals surface area contributed by atoms with Crippen molar-refractivity contribution in [2.24, 2.45) is 22.7 Å². The number of benzene rings is 2. The summed E-state index contributed by atoms with van der Waals surface area (Å²) in [7, 11) is 0. The molecular formula is C102H188N4O8. The number of carboxylic acids is 2. The van der Waals surface area contributed by atoms with Crippen molar-refractivity contribution >= 4 is 35.3 Å². The highest BCUT2D eigenvalue weighted by Crippen LogP contribution is 2.40. The number of unbranched alkanes of at least 4 members (excludes halogenated alkanes) is 44. The average Bonchev–Trinajstić information content (AvgIpc) is 0.850. The van der Waals surface area contributed by atoms with Crippen molar-refractivity contribution in [3.05, 3.63) is 59.7 Å². The lowest BCUT2D eigenvalue weighted by molar-refractivity contribution is -0.151. The van der Waals surface area contributed by atoms with Crippen molar-refractivity contribution in [2.45, 2.75) is 492 Å². The van der Waals surface area contributed by atoms with E-state index in [0.717, 1.165) is 295 Å². The minimum atomic E-state index is -0.555. The summed E-state index contributed by atoms with van der Waals surface area (Å²) >= 11 is 0. The number of carbonyl (C=O) groups excluding carboxylic acids is 2. The van der Waals surface area contributed by atoms with Gasteiger partial charge in [0.15, 0.2) is 0 Å². The number of esters is 2. The number of carboxylic acid groups (broad SMARTS) is 2. The monoisotopic (exact) mass is 1600 g/mol. The lowest BCUT2D eigenvalue weighted by Gasteiger charge is -2.30. The zero-order valence-electron chi connectivity index (χ0n) is 76.5. The summed E-state index contributed by atoms with van der Waals surface area (Å²) < 4.78 is 11.7. The Morgan fingerprint density at radius 3 is 0.711 bits per heavy atom. The molecule has 4 unspecified atom stereocenters. The molecule has 0 amide bonds. The number of ether oxygens (including phenoxy) is 2. The third-order valence-corrected chi connectivity index (χ3v) is 25.0. The van der Waals surface area contributed by atoms with Crippen LogP contribution in [0.15, 0.2) is 48.5 Å². The van der Waals surface area contributed by atoms with Gasteiger partial charge in [-0.05, 0) is 164 Å². The Kier molecular flexibility index (Phi) is 73.3. The van der Waals surface area contributed by atoms with E-state index in [2.05, 4.69) is 89.5 Å². The quantitative estimate of drug-likeness (QED) is 0.0279. The molecule has 0 radical (unpaired) electrons. The van der Waals surface area contributed by atoms with Gasteiger partial charge in [-0.1, -0.05) is 401 Å². The molecule has 0 aliphatic rings. The van der Waals surface area contributed by atoms with Crippen molar-refractivity contribution in [3.8, 4) is 0 Å². The van der Waals surface area contributed by atoms with Gasteiger partial charge in [0.25, 0.3) is 0 Å². The third-order valence-electron chi connectivity index (χ3n) is 25.0. The first-order valence-electron chi connectivity index (χ1n) is 49.6. The lowest BCUT2D eigenvalue weighted by Crippen LogP contribution is -2.31. The molecule has 12 heteroatoms. The van der Waals surface area contributed by atoms with E-state index in [4.69, 9.17) is 20.9 Å². The van der Waals surface area contributed by atoms with Gasteiger partial charge in [-0.2, -0.15) is 0 Å². The van der Waals surface area contributed by atoms with Crippen molar-refractivity contribution in [1.29, 1.82) is 0 Å². The molecule has 664 valence electrons. The summed E-state index contributed by atoms with van der Waals surface area (Å²) in [5, 5.41) is 21.1. The van der Waals surface area contributed by atoms with E-state index in [1.807, 2.05) is 24.3 Å². The Bertz CT molecular complexity index is 2340. The maximum atomic E-state index is 13.0. The highest BCUT2D eigenvalue weighted by Gasteiger charge is 2.38. The molecule has 114 heavy (non-hydrogen) atoms. The molecule has 0 heterocycles. The number of anilines is 2. The molecule has 0 saturated carbocycles. The molecule has 0 aliphatic heterocycles. The zero-order chi connectivity index (χ0) is 83.3. The standard InChI is InChI=1S/2C51H94N2O4/c1-5-9-13-17-19-27-39-50(48(54)55,37-25-15-11-7-3)41-29-21-23-31-43-53(45-46-33-35-47(52)36-34-46)44-32-24-22-30-42-51(49(56)57,38-26-16-12-8-4)40-28-20-18-14-10-6-2;1-5-9-13-17-19-27-35-47(33-25-15-11-7-3)50(54)56-43-31-23-21-29-41-53(45-46-37-39-49(52)40-38-46)42-30-22-24-32-44-57-51(55)48(34-26-16-12-8-4)36-28-20-18-14-10-6-2/h33-36H,5-32,37-45,52H2,1-4H3,(H,54,55)(H,56,57);37-40,47-48H,5-36,41-45,52H2,1-4H3. The highest BCUT2D eigenvalue weighted by atomic mass is 16.5. The molecule has 0 fully saturated rings. The summed E-state index contributed by atoms with van der Waals surface area (Å²) in [5.41, 5.74) is 15.1. The van der Waals surface area contributed by atoms with Gasteiger partial charge in [0, 0.05) is 24.5 Å². The van der Waals surface area contributed by atoms with E-state index in [0.29, 0.717) is 13.2 Å². The summed E-state index contributed by atoms with van der Waals surface area (Å²) in [6, 6.07) is 16.6. The number of aliphatic carboxylic acids is 2. The Balaban J connectivity index is 0.00000114. The van der Waals surface area contributed by atoms with Crippen LogP contribution in [0.3, 0.4) is 0 Å². The minimum absolute atomic E-state index is 0.0541. The number of hydrogen-bond acceptors (Lipinski definition) is 10. The van der Waals surface area contributed by atoms with Crippen LogP contribution in [0.1, 0.15) is 490 Å². The van der Waals surface area contributed by atoms with Crippen LogP contribution < -0.4 is 11.5 Å². The van der Waals surface area contributed by atoms with Crippen molar-refractivity contribution in [2.75, 3.05) is 50.9 Å². The number of rotatable bonds is 84. The van der Waals surface area contributed by atoms with Crippen molar-refractivity contribution in [1.82, 2.24) is 9.80 Å². The summed E-state index contributed by atoms with van der Waals surface area (Å²) in [6.07, 6.45) is 74.9. The van der Waals surface area contributed by atoms with Gasteiger partial charge in [-0.25, -0.2) is 0 Å². The van der Waals surface area contributed by atoms with E-state index >= 15 is 0 Å². The molecule has 2 rings (SSSR count). The van der Waals surface area contributed by atoms with Gasteiger partial charge in [-0.15, -0.1) is 0 Å². The van der Waals surface area contributed by atoms with E-state index in [1.54, 1.807) is 0 Å². The van der Waals surface area contributed by atoms with E-state index in [-0.39, 0.29) is 23.8 Å². The molecule has 0 aliphatic carbocycles. The Morgan fingerprint density at radius 1 is 0.281 bits per heavy atom. The largest absolute Gasteiger partial charge is 0.481 e. The van der Waals surface area contributed by atoms with Crippen LogP contribution in [0.5, 0.6) is 0 Å².